The van der Waals surface area contributed by atoms with Crippen LogP contribution in [0, 0.1) is 12.7 Å². The zero-order valence-electron chi connectivity index (χ0n) is 17.6. The number of carbonyl (C=O) groups is 1. The molecule has 0 aromatic heterocycles. The van der Waals surface area contributed by atoms with E-state index >= 15 is 0 Å². The molecule has 0 aromatic rings. The first-order valence-electron chi connectivity index (χ1n) is 9.68. The van der Waals surface area contributed by atoms with Gasteiger partial charge in [0.15, 0.2) is 0 Å². The van der Waals surface area contributed by atoms with Crippen LogP contribution in [0.5, 0.6) is 0 Å². The van der Waals surface area contributed by atoms with Gasteiger partial charge in [-0.25, -0.2) is 0 Å². The van der Waals surface area contributed by atoms with Crippen LogP contribution in [0.2, 0.25) is 12.6 Å². The van der Waals surface area contributed by atoms with E-state index < -0.39 is 0 Å². The van der Waals surface area contributed by atoms with E-state index in [1.165, 1.54) is 38.5 Å². The standard InChI is InChI=1S/C12H16B2N2O.C8H18.K/c1-4-12(17)16-10(8(2)3)5-11(13)15-9-6-14-7-9;1-3-5-7-8-6-4-2;/h2,9,15H,4,6-7H2,1,3H3,(H,16,17);3-8H2,1-2H3;/q-2;;+1. The van der Waals surface area contributed by atoms with Crippen molar-refractivity contribution in [2.75, 3.05) is 0 Å². The first-order valence-corrected chi connectivity index (χ1v) is 9.68. The van der Waals surface area contributed by atoms with Crippen LogP contribution in [0.1, 0.15) is 72.6 Å². The Morgan fingerprint density at radius 2 is 1.69 bits per heavy atom. The van der Waals surface area contributed by atoms with Crippen LogP contribution in [0.3, 0.4) is 0 Å². The second kappa shape index (κ2) is 18.7. The second-order valence-electron chi connectivity index (χ2n) is 6.51. The fourth-order valence-electron chi connectivity index (χ4n) is 2.15. The first kappa shape index (κ1) is 28.6. The molecule has 138 valence electrons. The molecule has 1 amide bonds. The Labute approximate surface area is 206 Å². The molecule has 0 bridgehead atoms. The summed E-state index contributed by atoms with van der Waals surface area (Å²) in [5, 5.41) is 5.77. The van der Waals surface area contributed by atoms with Gasteiger partial charge >= 0.3 is 156 Å². The monoisotopic (exact) mass is 379 g/mol. The van der Waals surface area contributed by atoms with E-state index in [0.717, 1.165) is 12.6 Å². The van der Waals surface area contributed by atoms with E-state index in [1.54, 1.807) is 13.8 Å². The summed E-state index contributed by atoms with van der Waals surface area (Å²) in [7, 11) is 7.95. The number of rotatable bonds is 11. The Hall–Kier alpha value is 0.386. The average molecular weight is 379 g/mol. The van der Waals surface area contributed by atoms with Crippen LogP contribution in [0.15, 0.2) is 11.3 Å². The van der Waals surface area contributed by atoms with Crippen LogP contribution in [0.4, 0.5) is 0 Å². The van der Waals surface area contributed by atoms with Gasteiger partial charge in [-0.3, -0.25) is 0 Å². The molecule has 0 atom stereocenters. The van der Waals surface area contributed by atoms with Crippen molar-refractivity contribution >= 4 is 26.3 Å². The topological polar surface area (TPSA) is 41.1 Å². The van der Waals surface area contributed by atoms with Crippen LogP contribution in [0.25, 0.3) is 0 Å². The molecule has 1 fully saturated rings. The maximum Gasteiger partial charge on any atom is 1.00 e. The van der Waals surface area contributed by atoms with Crippen LogP contribution in [-0.4, -0.2) is 32.3 Å². The van der Waals surface area contributed by atoms with E-state index in [1.807, 2.05) is 0 Å². The molecule has 2 N–H and O–H groups in total. The molecule has 0 spiro atoms. The van der Waals surface area contributed by atoms with Gasteiger partial charge in [0.05, 0.1) is 0 Å². The summed E-state index contributed by atoms with van der Waals surface area (Å²) in [5.74, 6) is -0.109. The molecule has 0 aromatic carbocycles. The van der Waals surface area contributed by atoms with Crippen molar-refractivity contribution in [3.05, 3.63) is 23.9 Å². The van der Waals surface area contributed by atoms with Gasteiger partial charge in [0.2, 0.25) is 0 Å². The Bertz CT molecular complexity index is 443. The van der Waals surface area contributed by atoms with Crippen molar-refractivity contribution in [2.45, 2.75) is 91.3 Å². The number of allylic oxidation sites excluding steroid dienone is 1. The molecule has 1 aliphatic heterocycles. The Morgan fingerprint density at radius 3 is 2.04 bits per heavy atom. The fourth-order valence-corrected chi connectivity index (χ4v) is 2.15. The number of hydrogen-bond donors (Lipinski definition) is 2. The number of carbonyl (C=O) groups excluding carboxylic acids is 1. The van der Waals surface area contributed by atoms with E-state index in [0.29, 0.717) is 29.3 Å². The van der Waals surface area contributed by atoms with Crippen molar-refractivity contribution in [3.63, 3.8) is 0 Å². The SMILES string of the molecule is CCCCCCCC.[B]=C([C-]=C(NC(=O)CC)C(=[CH-])C)NC1C[B]C1.[K+]. The minimum Gasteiger partial charge on any atom is 1.00 e. The summed E-state index contributed by atoms with van der Waals surface area (Å²) >= 11 is 0. The van der Waals surface area contributed by atoms with Crippen LogP contribution >= 0.6 is 0 Å². The Balaban J connectivity index is 0. The molecule has 0 unspecified atom stereocenters. The predicted molar refractivity (Wildman–Crippen MR) is 111 cm³/mol. The third-order valence-corrected chi connectivity index (χ3v) is 3.96. The molecule has 3 nitrogen and oxygen atoms in total. The quantitative estimate of drug-likeness (QED) is 0.241. The molecule has 6 heteroatoms. The van der Waals surface area contributed by atoms with Crippen molar-refractivity contribution < 1.29 is 56.2 Å². The predicted octanol–water partition coefficient (Wildman–Crippen LogP) is 0.761. The number of unbranched alkanes of at least 4 members (excludes halogenated alkanes) is 5. The minimum atomic E-state index is -0.109. The second-order valence-corrected chi connectivity index (χ2v) is 6.51. The Kier molecular flexibility index (Phi) is 20.6. The fraction of sp³-hybridized carbons (Fsp3) is 0.700. The molecule has 2 radical (unpaired) electrons. The smallest absolute Gasteiger partial charge is 1.00 e. The van der Waals surface area contributed by atoms with E-state index in [9.17, 15) is 4.79 Å². The number of nitrogens with one attached hydrogen (secondary N) is 2. The summed E-state index contributed by atoms with van der Waals surface area (Å²) < 4.78 is 0. The first-order chi connectivity index (χ1) is 11.9. The zero-order chi connectivity index (χ0) is 19.1. The van der Waals surface area contributed by atoms with E-state index in [2.05, 4.69) is 37.8 Å². The van der Waals surface area contributed by atoms with Gasteiger partial charge in [-0.1, -0.05) is 52.4 Å². The van der Waals surface area contributed by atoms with Gasteiger partial charge in [-0.2, -0.15) is 0 Å². The molecular weight excluding hydrogens is 345 g/mol. The van der Waals surface area contributed by atoms with Gasteiger partial charge in [-0.15, -0.1) is 0 Å². The molecule has 26 heavy (non-hydrogen) atoms. The maximum absolute atomic E-state index is 11.3. The summed E-state index contributed by atoms with van der Waals surface area (Å²) in [6.07, 6.45) is 13.8. The molecule has 0 saturated carbocycles. The molecule has 1 aliphatic rings. The number of hydrogen-bond acceptors (Lipinski definition) is 2. The van der Waals surface area contributed by atoms with E-state index in [-0.39, 0.29) is 57.3 Å². The molecule has 1 saturated heterocycles. The summed E-state index contributed by atoms with van der Waals surface area (Å²) in [6.45, 7) is 13.6. The van der Waals surface area contributed by atoms with E-state index in [4.69, 9.17) is 14.1 Å². The van der Waals surface area contributed by atoms with Gasteiger partial charge in [-0.05, 0) is 0 Å². The summed E-state index contributed by atoms with van der Waals surface area (Å²) in [6, 6.07) is 0.378. The van der Waals surface area contributed by atoms with Gasteiger partial charge in [0.1, 0.15) is 0 Å². The van der Waals surface area contributed by atoms with Crippen molar-refractivity contribution in [1.29, 1.82) is 0 Å². The van der Waals surface area contributed by atoms with Crippen molar-refractivity contribution in [3.8, 4) is 0 Å². The third kappa shape index (κ3) is 15.4. The van der Waals surface area contributed by atoms with Crippen LogP contribution < -0.4 is 62.0 Å². The third-order valence-electron chi connectivity index (χ3n) is 3.96. The largest absolute Gasteiger partial charge is 1.00 e. The van der Waals surface area contributed by atoms with Gasteiger partial charge < -0.3 is 0 Å². The van der Waals surface area contributed by atoms with Crippen molar-refractivity contribution in [1.82, 2.24) is 10.6 Å². The maximum atomic E-state index is 11.3. The molecule has 0 aliphatic carbocycles. The average Bonchev–Trinajstić information content (AvgIpc) is 2.55. The normalized spacial score (nSPS) is 13.1. The van der Waals surface area contributed by atoms with Crippen LogP contribution in [-0.2, 0) is 4.79 Å². The van der Waals surface area contributed by atoms with Gasteiger partial charge in [0.25, 0.3) is 0 Å². The molecule has 1 heterocycles. The van der Waals surface area contributed by atoms with Gasteiger partial charge in [0, 0.05) is 0 Å². The zero-order valence-corrected chi connectivity index (χ0v) is 20.7. The minimum absolute atomic E-state index is 0. The molecular formula is C20H34B2KN2O-. The molecule has 1 rings (SSSR count). The van der Waals surface area contributed by atoms with Crippen molar-refractivity contribution in [2.24, 2.45) is 0 Å². The number of amides is 1. The summed E-state index contributed by atoms with van der Waals surface area (Å²) in [5.41, 5.74) is 1.32. The Morgan fingerprint density at radius 1 is 1.15 bits per heavy atom. The summed E-state index contributed by atoms with van der Waals surface area (Å²) in [4.78, 5) is 11.3.